The molecule has 1 aliphatic heterocycles. The number of aromatic nitrogens is 3. The van der Waals surface area contributed by atoms with Gasteiger partial charge in [-0.25, -0.2) is 9.67 Å². The molecule has 1 saturated heterocycles. The molecule has 3 heterocycles. The molecule has 6 heteroatoms. The molecule has 1 fully saturated rings. The summed E-state index contributed by atoms with van der Waals surface area (Å²) in [5, 5.41) is 5.82. The highest BCUT2D eigenvalue weighted by molar-refractivity contribution is 6.38. The number of carbonyl (C=O) groups excluding carboxylic acids is 1. The summed E-state index contributed by atoms with van der Waals surface area (Å²) in [6, 6.07) is 8.09. The molecule has 2 atom stereocenters. The molecule has 0 bridgehead atoms. The van der Waals surface area contributed by atoms with Crippen molar-refractivity contribution >= 4 is 28.5 Å². The van der Waals surface area contributed by atoms with Crippen molar-refractivity contribution in [2.24, 2.45) is 11.8 Å². The number of carbonyl (C=O) groups is 1. The highest BCUT2D eigenvalue weighted by Crippen LogP contribution is 2.32. The molecule has 1 aliphatic rings. The second-order valence-electron chi connectivity index (χ2n) is 8.17. The number of fused-ring (bicyclic) bond motifs is 1. The highest BCUT2D eigenvalue weighted by atomic mass is 35.5. The molecule has 0 radical (unpaired) electrons. The molecule has 5 nitrogen and oxygen atoms in total. The summed E-state index contributed by atoms with van der Waals surface area (Å²) in [7, 11) is 0. The van der Waals surface area contributed by atoms with Crippen LogP contribution in [-0.4, -0.2) is 38.7 Å². The average molecular weight is 397 g/mol. The minimum Gasteiger partial charge on any atom is -0.338 e. The van der Waals surface area contributed by atoms with Crippen LogP contribution in [0.2, 0.25) is 5.02 Å². The van der Waals surface area contributed by atoms with E-state index in [0.717, 1.165) is 36.3 Å². The SMILES string of the molecule is Cc1ccc(-n2nc(C)c3c(Cl)c(C(=O)N4C[C@@H](C)C[C@H](C)C4)cnc32)cc1. The first-order chi connectivity index (χ1) is 13.3. The lowest BCUT2D eigenvalue weighted by molar-refractivity contribution is 0.0623. The highest BCUT2D eigenvalue weighted by Gasteiger charge is 2.29. The zero-order chi connectivity index (χ0) is 20.0. The van der Waals surface area contributed by atoms with Crippen LogP contribution in [0.15, 0.2) is 30.5 Å². The Morgan fingerprint density at radius 3 is 2.39 bits per heavy atom. The minimum atomic E-state index is -0.0414. The third kappa shape index (κ3) is 3.28. The second-order valence-corrected chi connectivity index (χ2v) is 8.55. The number of hydrogen-bond acceptors (Lipinski definition) is 3. The van der Waals surface area contributed by atoms with E-state index in [0.29, 0.717) is 28.1 Å². The lowest BCUT2D eigenvalue weighted by atomic mass is 9.91. The van der Waals surface area contributed by atoms with Crippen molar-refractivity contribution < 1.29 is 4.79 Å². The van der Waals surface area contributed by atoms with Crippen molar-refractivity contribution in [2.75, 3.05) is 13.1 Å². The van der Waals surface area contributed by atoms with Crippen molar-refractivity contribution in [1.82, 2.24) is 19.7 Å². The van der Waals surface area contributed by atoms with E-state index in [2.05, 4.69) is 23.9 Å². The van der Waals surface area contributed by atoms with Crippen LogP contribution >= 0.6 is 11.6 Å². The van der Waals surface area contributed by atoms with Crippen LogP contribution in [0, 0.1) is 25.7 Å². The Morgan fingerprint density at radius 2 is 1.75 bits per heavy atom. The summed E-state index contributed by atoms with van der Waals surface area (Å²) in [6.07, 6.45) is 2.75. The summed E-state index contributed by atoms with van der Waals surface area (Å²) in [4.78, 5) is 19.6. The Labute approximate surface area is 170 Å². The Kier molecular flexibility index (Phi) is 4.88. The van der Waals surface area contributed by atoms with E-state index in [1.54, 1.807) is 10.9 Å². The molecule has 2 aromatic heterocycles. The van der Waals surface area contributed by atoms with Gasteiger partial charge in [0.25, 0.3) is 5.91 Å². The van der Waals surface area contributed by atoms with Crippen molar-refractivity contribution in [1.29, 1.82) is 0 Å². The zero-order valence-electron chi connectivity index (χ0n) is 16.7. The average Bonchev–Trinajstić information content (AvgIpc) is 2.99. The van der Waals surface area contributed by atoms with Crippen molar-refractivity contribution in [3.63, 3.8) is 0 Å². The van der Waals surface area contributed by atoms with Gasteiger partial charge in [0.15, 0.2) is 5.65 Å². The van der Waals surface area contributed by atoms with Gasteiger partial charge in [-0.15, -0.1) is 0 Å². The lowest BCUT2D eigenvalue weighted by Crippen LogP contribution is -2.42. The first kappa shape index (κ1) is 18.9. The predicted molar refractivity (Wildman–Crippen MR) is 112 cm³/mol. The third-order valence-corrected chi connectivity index (χ3v) is 5.87. The van der Waals surface area contributed by atoms with Gasteiger partial charge in [-0.05, 0) is 44.2 Å². The van der Waals surface area contributed by atoms with Crippen LogP contribution in [0.4, 0.5) is 0 Å². The van der Waals surface area contributed by atoms with Gasteiger partial charge in [0.1, 0.15) is 0 Å². The minimum absolute atomic E-state index is 0.0414. The fourth-order valence-corrected chi connectivity index (χ4v) is 4.57. The van der Waals surface area contributed by atoms with Crippen LogP contribution in [-0.2, 0) is 0 Å². The normalized spacial score (nSPS) is 20.0. The number of amides is 1. The topological polar surface area (TPSA) is 51.0 Å². The van der Waals surface area contributed by atoms with Gasteiger partial charge in [-0.3, -0.25) is 4.79 Å². The summed E-state index contributed by atoms with van der Waals surface area (Å²) >= 11 is 6.72. The maximum absolute atomic E-state index is 13.2. The van der Waals surface area contributed by atoms with Crippen LogP contribution in [0.3, 0.4) is 0 Å². The van der Waals surface area contributed by atoms with E-state index >= 15 is 0 Å². The third-order valence-electron chi connectivity index (χ3n) is 5.47. The van der Waals surface area contributed by atoms with Gasteiger partial charge in [-0.1, -0.05) is 43.1 Å². The number of pyridine rings is 1. The fraction of sp³-hybridized carbons (Fsp3) is 0.409. The summed E-state index contributed by atoms with van der Waals surface area (Å²) in [5.41, 5.74) is 4.00. The van der Waals surface area contributed by atoms with E-state index in [4.69, 9.17) is 11.6 Å². The largest absolute Gasteiger partial charge is 0.338 e. The van der Waals surface area contributed by atoms with Crippen LogP contribution in [0.1, 0.15) is 41.9 Å². The molecule has 28 heavy (non-hydrogen) atoms. The van der Waals surface area contributed by atoms with Crippen LogP contribution in [0.5, 0.6) is 0 Å². The van der Waals surface area contributed by atoms with Gasteiger partial charge in [0.2, 0.25) is 0 Å². The van der Waals surface area contributed by atoms with E-state index in [1.165, 1.54) is 5.56 Å². The summed E-state index contributed by atoms with van der Waals surface area (Å²) in [6.45, 7) is 9.85. The van der Waals surface area contributed by atoms with Gasteiger partial charge >= 0.3 is 0 Å². The number of rotatable bonds is 2. The maximum atomic E-state index is 13.2. The first-order valence-corrected chi connectivity index (χ1v) is 10.1. The van der Waals surface area contributed by atoms with Gasteiger partial charge in [0, 0.05) is 19.3 Å². The smallest absolute Gasteiger partial charge is 0.256 e. The van der Waals surface area contributed by atoms with Crippen LogP contribution < -0.4 is 0 Å². The molecular weight excluding hydrogens is 372 g/mol. The number of hydrogen-bond donors (Lipinski definition) is 0. The number of nitrogens with zero attached hydrogens (tertiary/aromatic N) is 4. The molecule has 0 spiro atoms. The standard InChI is InChI=1S/C22H25ClN4O/c1-13-5-7-17(8-6-13)27-21-19(16(4)25-27)20(23)18(10-24-21)22(28)26-11-14(2)9-15(3)12-26/h5-8,10,14-15H,9,11-12H2,1-4H3/t14-,15-/m0/s1. The quantitative estimate of drug-likeness (QED) is 0.624. The molecule has 0 N–H and O–H groups in total. The Bertz CT molecular complexity index is 1030. The molecular formula is C22H25ClN4O. The summed E-state index contributed by atoms with van der Waals surface area (Å²) in [5.74, 6) is 0.948. The fourth-order valence-electron chi connectivity index (χ4n) is 4.22. The summed E-state index contributed by atoms with van der Waals surface area (Å²) < 4.78 is 1.79. The van der Waals surface area contributed by atoms with E-state index < -0.39 is 0 Å². The number of piperidine rings is 1. The molecule has 1 aromatic carbocycles. The van der Waals surface area contributed by atoms with Crippen molar-refractivity contribution in [3.8, 4) is 5.69 Å². The van der Waals surface area contributed by atoms with Gasteiger partial charge in [0.05, 0.1) is 27.4 Å². The predicted octanol–water partition coefficient (Wildman–Crippen LogP) is 4.81. The molecule has 3 aromatic rings. The molecule has 146 valence electrons. The number of likely N-dealkylation sites (tertiary alicyclic amines) is 1. The molecule has 1 amide bonds. The zero-order valence-corrected chi connectivity index (χ0v) is 17.5. The van der Waals surface area contributed by atoms with E-state index in [1.807, 2.05) is 43.0 Å². The van der Waals surface area contributed by atoms with Crippen molar-refractivity contribution in [3.05, 3.63) is 52.3 Å². The Balaban J connectivity index is 1.76. The first-order valence-electron chi connectivity index (χ1n) is 9.75. The molecule has 0 saturated carbocycles. The second kappa shape index (κ2) is 7.21. The van der Waals surface area contributed by atoms with Crippen molar-refractivity contribution in [2.45, 2.75) is 34.1 Å². The van der Waals surface area contributed by atoms with Crippen LogP contribution in [0.25, 0.3) is 16.7 Å². The maximum Gasteiger partial charge on any atom is 0.256 e. The van der Waals surface area contributed by atoms with E-state index in [-0.39, 0.29) is 5.91 Å². The van der Waals surface area contributed by atoms with E-state index in [9.17, 15) is 4.79 Å². The monoisotopic (exact) mass is 396 g/mol. The molecule has 0 unspecified atom stereocenters. The number of benzene rings is 1. The van der Waals surface area contributed by atoms with Gasteiger partial charge in [-0.2, -0.15) is 5.10 Å². The van der Waals surface area contributed by atoms with Gasteiger partial charge < -0.3 is 4.90 Å². The number of halogens is 1. The Morgan fingerprint density at radius 1 is 1.11 bits per heavy atom. The Hall–Kier alpha value is -2.40. The molecule has 4 rings (SSSR count). The number of aryl methyl sites for hydroxylation is 2. The lowest BCUT2D eigenvalue weighted by Gasteiger charge is -2.35. The molecule has 0 aliphatic carbocycles.